The van der Waals surface area contributed by atoms with Crippen LogP contribution in [0.5, 0.6) is 0 Å². The molecule has 0 saturated heterocycles. The van der Waals surface area contributed by atoms with E-state index in [1.165, 1.54) is 0 Å². The minimum atomic E-state index is -1.23. The van der Waals surface area contributed by atoms with Gasteiger partial charge in [0.1, 0.15) is 5.60 Å². The molecule has 0 aliphatic carbocycles. The Hall–Kier alpha value is -1.15. The molecule has 0 saturated carbocycles. The van der Waals surface area contributed by atoms with Crippen LogP contribution in [-0.4, -0.2) is 16.5 Å². The Balaban J connectivity index is 2.65. The fraction of sp³-hybridized carbons (Fsp3) is 0.500. The summed E-state index contributed by atoms with van der Waals surface area (Å²) in [6, 6.07) is 8.99. The van der Waals surface area contributed by atoms with E-state index in [1.807, 2.05) is 18.2 Å². The number of benzene rings is 1. The number of hydrogen-bond donors (Lipinski definition) is 1. The van der Waals surface area contributed by atoms with Crippen LogP contribution in [0, 0.1) is 0 Å². The molecule has 2 nitrogen and oxygen atoms in total. The second-order valence-corrected chi connectivity index (χ2v) is 4.43. The number of aliphatic hydroxyl groups is 1. The molecule has 1 rings (SSSR count). The predicted molar refractivity (Wildman–Crippen MR) is 65.5 cm³/mol. The van der Waals surface area contributed by atoms with Crippen LogP contribution in [0.3, 0.4) is 0 Å². The highest BCUT2D eigenvalue weighted by atomic mass is 16.3. The van der Waals surface area contributed by atoms with E-state index in [-0.39, 0.29) is 5.78 Å². The number of carbonyl (C=O) groups is 1. The van der Waals surface area contributed by atoms with Gasteiger partial charge in [0.15, 0.2) is 5.78 Å². The van der Waals surface area contributed by atoms with E-state index >= 15 is 0 Å². The molecule has 0 aliphatic heterocycles. The van der Waals surface area contributed by atoms with Gasteiger partial charge in [0, 0.05) is 5.56 Å². The SMILES string of the molecule is CCCCCC(C)(O)C(=O)c1ccccc1. The van der Waals surface area contributed by atoms with Crippen molar-refractivity contribution in [2.75, 3.05) is 0 Å². The molecule has 1 atom stereocenters. The number of unbranched alkanes of at least 4 members (excludes halogenated alkanes) is 2. The summed E-state index contributed by atoms with van der Waals surface area (Å²) in [6.07, 6.45) is 3.57. The first-order valence-electron chi connectivity index (χ1n) is 5.90. The van der Waals surface area contributed by atoms with Gasteiger partial charge in [0.2, 0.25) is 0 Å². The molecule has 1 unspecified atom stereocenters. The van der Waals surface area contributed by atoms with Crippen molar-refractivity contribution in [1.29, 1.82) is 0 Å². The van der Waals surface area contributed by atoms with Gasteiger partial charge in [0.05, 0.1) is 0 Å². The number of hydrogen-bond acceptors (Lipinski definition) is 2. The lowest BCUT2D eigenvalue weighted by Crippen LogP contribution is -2.35. The molecule has 1 N–H and O–H groups in total. The fourth-order valence-corrected chi connectivity index (χ4v) is 1.73. The molecule has 0 aliphatic rings. The van der Waals surface area contributed by atoms with E-state index in [1.54, 1.807) is 19.1 Å². The average molecular weight is 220 g/mol. The first kappa shape index (κ1) is 12.9. The highest BCUT2D eigenvalue weighted by Crippen LogP contribution is 2.20. The number of ketones is 1. The molecule has 0 aromatic heterocycles. The lowest BCUT2D eigenvalue weighted by Gasteiger charge is -2.21. The molecule has 1 aromatic carbocycles. The summed E-state index contributed by atoms with van der Waals surface area (Å²) in [7, 11) is 0. The summed E-state index contributed by atoms with van der Waals surface area (Å²) >= 11 is 0. The van der Waals surface area contributed by atoms with E-state index < -0.39 is 5.60 Å². The smallest absolute Gasteiger partial charge is 0.194 e. The molecule has 16 heavy (non-hydrogen) atoms. The van der Waals surface area contributed by atoms with Crippen molar-refractivity contribution < 1.29 is 9.90 Å². The quantitative estimate of drug-likeness (QED) is 0.590. The standard InChI is InChI=1S/C14H20O2/c1-3-4-8-11-14(2,16)13(15)12-9-6-5-7-10-12/h5-7,9-10,16H,3-4,8,11H2,1-2H3. The first-order valence-corrected chi connectivity index (χ1v) is 5.90. The van der Waals surface area contributed by atoms with Crippen LogP contribution in [0.2, 0.25) is 0 Å². The summed E-state index contributed by atoms with van der Waals surface area (Å²) in [4.78, 5) is 12.0. The molecule has 0 spiro atoms. The summed E-state index contributed by atoms with van der Waals surface area (Å²) in [5.41, 5.74) is -0.639. The molecule has 0 radical (unpaired) electrons. The minimum Gasteiger partial charge on any atom is -0.382 e. The second kappa shape index (κ2) is 5.80. The highest BCUT2D eigenvalue weighted by Gasteiger charge is 2.30. The lowest BCUT2D eigenvalue weighted by atomic mass is 9.89. The lowest BCUT2D eigenvalue weighted by molar-refractivity contribution is 0.0355. The Morgan fingerprint density at radius 3 is 2.44 bits per heavy atom. The van der Waals surface area contributed by atoms with Gasteiger partial charge in [0.25, 0.3) is 0 Å². The van der Waals surface area contributed by atoms with E-state index in [9.17, 15) is 9.90 Å². The van der Waals surface area contributed by atoms with Gasteiger partial charge >= 0.3 is 0 Å². The van der Waals surface area contributed by atoms with E-state index in [2.05, 4.69) is 6.92 Å². The van der Waals surface area contributed by atoms with Crippen molar-refractivity contribution in [3.05, 3.63) is 35.9 Å². The summed E-state index contributed by atoms with van der Waals surface area (Å²) in [5, 5.41) is 10.1. The van der Waals surface area contributed by atoms with Gasteiger partial charge in [-0.3, -0.25) is 4.79 Å². The molecule has 88 valence electrons. The van der Waals surface area contributed by atoms with Gasteiger partial charge in [-0.25, -0.2) is 0 Å². The van der Waals surface area contributed by atoms with E-state index in [0.29, 0.717) is 12.0 Å². The zero-order valence-corrected chi connectivity index (χ0v) is 10.1. The highest BCUT2D eigenvalue weighted by molar-refractivity contribution is 6.01. The molecule has 0 bridgehead atoms. The van der Waals surface area contributed by atoms with Crippen molar-refractivity contribution in [1.82, 2.24) is 0 Å². The Kier molecular flexibility index (Phi) is 4.69. The Labute approximate surface area is 97.3 Å². The molecular weight excluding hydrogens is 200 g/mol. The third kappa shape index (κ3) is 3.46. The summed E-state index contributed by atoms with van der Waals surface area (Å²) < 4.78 is 0. The van der Waals surface area contributed by atoms with Crippen molar-refractivity contribution in [2.45, 2.75) is 45.1 Å². The molecule has 1 aromatic rings. The van der Waals surface area contributed by atoms with Crippen molar-refractivity contribution >= 4 is 5.78 Å². The fourth-order valence-electron chi connectivity index (χ4n) is 1.73. The topological polar surface area (TPSA) is 37.3 Å². The van der Waals surface area contributed by atoms with Crippen LogP contribution >= 0.6 is 0 Å². The van der Waals surface area contributed by atoms with Crippen LogP contribution in [0.25, 0.3) is 0 Å². The normalized spacial score (nSPS) is 14.4. The molecule has 0 fully saturated rings. The first-order chi connectivity index (χ1) is 7.58. The second-order valence-electron chi connectivity index (χ2n) is 4.43. The van der Waals surface area contributed by atoms with Gasteiger partial charge < -0.3 is 5.11 Å². The van der Waals surface area contributed by atoms with Gasteiger partial charge in [-0.05, 0) is 13.3 Å². The molecule has 0 amide bonds. The summed E-state index contributed by atoms with van der Waals surface area (Å²) in [6.45, 7) is 3.71. The van der Waals surface area contributed by atoms with Crippen molar-refractivity contribution in [3.63, 3.8) is 0 Å². The van der Waals surface area contributed by atoms with Crippen LogP contribution in [0.15, 0.2) is 30.3 Å². The average Bonchev–Trinajstić information content (AvgIpc) is 2.29. The predicted octanol–water partition coefficient (Wildman–Crippen LogP) is 3.20. The Morgan fingerprint density at radius 2 is 1.88 bits per heavy atom. The van der Waals surface area contributed by atoms with Gasteiger partial charge in [-0.1, -0.05) is 56.5 Å². The third-order valence-corrected chi connectivity index (χ3v) is 2.79. The molecule has 0 heterocycles. The Morgan fingerprint density at radius 1 is 1.25 bits per heavy atom. The van der Waals surface area contributed by atoms with Crippen LogP contribution in [-0.2, 0) is 0 Å². The monoisotopic (exact) mass is 220 g/mol. The number of carbonyl (C=O) groups excluding carboxylic acids is 1. The van der Waals surface area contributed by atoms with Gasteiger partial charge in [-0.2, -0.15) is 0 Å². The van der Waals surface area contributed by atoms with Crippen molar-refractivity contribution in [3.8, 4) is 0 Å². The molecular formula is C14H20O2. The van der Waals surface area contributed by atoms with Crippen LogP contribution in [0.4, 0.5) is 0 Å². The number of rotatable bonds is 6. The van der Waals surface area contributed by atoms with Crippen molar-refractivity contribution in [2.24, 2.45) is 0 Å². The minimum absolute atomic E-state index is 0.177. The zero-order chi connectivity index (χ0) is 12.0. The van der Waals surface area contributed by atoms with Gasteiger partial charge in [-0.15, -0.1) is 0 Å². The summed E-state index contributed by atoms with van der Waals surface area (Å²) in [5.74, 6) is -0.177. The van der Waals surface area contributed by atoms with Crippen LogP contribution < -0.4 is 0 Å². The number of Topliss-reactive ketones (excluding diaryl/α,β-unsaturated/α-hetero) is 1. The Bertz CT molecular complexity index is 328. The maximum atomic E-state index is 12.0. The van der Waals surface area contributed by atoms with E-state index in [0.717, 1.165) is 19.3 Å². The zero-order valence-electron chi connectivity index (χ0n) is 10.1. The third-order valence-electron chi connectivity index (χ3n) is 2.79. The largest absolute Gasteiger partial charge is 0.382 e. The maximum Gasteiger partial charge on any atom is 0.194 e. The van der Waals surface area contributed by atoms with E-state index in [4.69, 9.17) is 0 Å². The molecule has 2 heteroatoms. The maximum absolute atomic E-state index is 12.0. The van der Waals surface area contributed by atoms with Crippen LogP contribution in [0.1, 0.15) is 49.9 Å².